The Bertz CT molecular complexity index is 1620. The standard InChI is InChI=1S/C27H35N7O4SSi/c1-20(35)16-34-17-22(14-30-34)25-15-29-27-26(32-25)24(18-33(27)19-38-11-12-40(2,3)4)21-7-5-8-23(13-21)39(36,37)31-10-6-9-28/h5,7-8,13-15,17-18,20,31,35H,6,10-12,16,19H2,1-4H3/t20-/m1/s1. The number of nitriles is 1. The summed E-state index contributed by atoms with van der Waals surface area (Å²) < 4.78 is 37.7. The molecule has 0 radical (unpaired) electrons. The van der Waals surface area contributed by atoms with Crippen molar-refractivity contribution in [2.24, 2.45) is 0 Å². The van der Waals surface area contributed by atoms with Gasteiger partial charge in [-0.15, -0.1) is 0 Å². The van der Waals surface area contributed by atoms with E-state index in [1.54, 1.807) is 42.3 Å². The third kappa shape index (κ3) is 7.41. The molecule has 0 aliphatic rings. The molecule has 0 spiro atoms. The molecule has 4 aromatic rings. The van der Waals surface area contributed by atoms with Crippen LogP contribution < -0.4 is 4.72 Å². The number of hydrogen-bond donors (Lipinski definition) is 2. The summed E-state index contributed by atoms with van der Waals surface area (Å²) in [6.45, 7) is 9.91. The SMILES string of the molecule is C[C@@H](O)Cn1cc(-c2cnc3c(n2)c(-c2cccc(S(=O)(=O)NCCC#N)c2)cn3COCC[Si](C)(C)C)cn1. The van der Waals surface area contributed by atoms with Crippen LogP contribution in [0.3, 0.4) is 0 Å². The molecule has 0 unspecified atom stereocenters. The predicted octanol–water partition coefficient (Wildman–Crippen LogP) is 3.85. The first-order valence-corrected chi connectivity index (χ1v) is 18.3. The molecular formula is C27H35N7O4SSi. The Morgan fingerprint density at radius 1 is 1.20 bits per heavy atom. The second-order valence-electron chi connectivity index (χ2n) is 10.9. The van der Waals surface area contributed by atoms with Crippen LogP contribution in [0.25, 0.3) is 33.5 Å². The van der Waals surface area contributed by atoms with E-state index in [2.05, 4.69) is 29.5 Å². The number of fused-ring (bicyclic) bond motifs is 1. The largest absolute Gasteiger partial charge is 0.391 e. The second kappa shape index (κ2) is 12.4. The van der Waals surface area contributed by atoms with Gasteiger partial charge in [0, 0.05) is 51.2 Å². The first-order valence-electron chi connectivity index (χ1n) is 13.1. The van der Waals surface area contributed by atoms with Crippen molar-refractivity contribution < 1.29 is 18.3 Å². The van der Waals surface area contributed by atoms with Crippen LogP contribution in [0.5, 0.6) is 0 Å². The van der Waals surface area contributed by atoms with E-state index in [0.29, 0.717) is 41.1 Å². The lowest BCUT2D eigenvalue weighted by Crippen LogP contribution is -2.24. The highest BCUT2D eigenvalue weighted by atomic mass is 32.2. The molecule has 3 heterocycles. The van der Waals surface area contributed by atoms with E-state index in [0.717, 1.165) is 11.6 Å². The van der Waals surface area contributed by atoms with E-state index in [-0.39, 0.29) is 24.6 Å². The first-order chi connectivity index (χ1) is 19.0. The summed E-state index contributed by atoms with van der Waals surface area (Å²) in [7, 11) is -5.05. The normalized spacial score (nSPS) is 13.0. The molecule has 4 rings (SSSR count). The predicted molar refractivity (Wildman–Crippen MR) is 155 cm³/mol. The van der Waals surface area contributed by atoms with Crippen molar-refractivity contribution >= 4 is 29.3 Å². The Balaban J connectivity index is 1.74. The lowest BCUT2D eigenvalue weighted by Gasteiger charge is -2.15. The van der Waals surface area contributed by atoms with Gasteiger partial charge in [-0.2, -0.15) is 10.4 Å². The maximum absolute atomic E-state index is 12.8. The van der Waals surface area contributed by atoms with Crippen molar-refractivity contribution in [3.8, 4) is 28.5 Å². The first kappa shape index (κ1) is 29.6. The van der Waals surface area contributed by atoms with Crippen molar-refractivity contribution in [2.45, 2.75) is 63.3 Å². The number of aromatic nitrogens is 5. The highest BCUT2D eigenvalue weighted by molar-refractivity contribution is 7.89. The van der Waals surface area contributed by atoms with Crippen LogP contribution in [0.1, 0.15) is 13.3 Å². The van der Waals surface area contributed by atoms with Gasteiger partial charge in [0.1, 0.15) is 12.2 Å². The zero-order chi connectivity index (χ0) is 28.9. The zero-order valence-corrected chi connectivity index (χ0v) is 25.0. The van der Waals surface area contributed by atoms with Crippen LogP contribution in [-0.4, -0.2) is 65.2 Å². The number of ether oxygens (including phenoxy) is 1. The molecule has 40 heavy (non-hydrogen) atoms. The topological polar surface area (TPSA) is 148 Å². The third-order valence-corrected chi connectivity index (χ3v) is 9.32. The zero-order valence-electron chi connectivity index (χ0n) is 23.2. The van der Waals surface area contributed by atoms with Crippen molar-refractivity contribution in [2.75, 3.05) is 13.2 Å². The summed E-state index contributed by atoms with van der Waals surface area (Å²) in [4.78, 5) is 9.71. The molecule has 0 aliphatic carbocycles. The fourth-order valence-corrected chi connectivity index (χ4v) is 5.90. The average Bonchev–Trinajstić information content (AvgIpc) is 3.50. The lowest BCUT2D eigenvalue weighted by atomic mass is 10.1. The van der Waals surface area contributed by atoms with Crippen molar-refractivity contribution in [1.82, 2.24) is 29.0 Å². The molecule has 1 aromatic carbocycles. The highest BCUT2D eigenvalue weighted by Gasteiger charge is 2.19. The summed E-state index contributed by atoms with van der Waals surface area (Å²) in [5.41, 5.74) is 3.93. The van der Waals surface area contributed by atoms with E-state index >= 15 is 0 Å². The summed E-state index contributed by atoms with van der Waals surface area (Å²) in [5, 5.41) is 22.8. The molecule has 13 heteroatoms. The van der Waals surface area contributed by atoms with Crippen LogP contribution in [0.15, 0.2) is 53.9 Å². The van der Waals surface area contributed by atoms with Crippen LogP contribution in [-0.2, 0) is 28.0 Å². The van der Waals surface area contributed by atoms with Crippen LogP contribution >= 0.6 is 0 Å². The summed E-state index contributed by atoms with van der Waals surface area (Å²) in [5.74, 6) is 0. The Labute approximate surface area is 235 Å². The summed E-state index contributed by atoms with van der Waals surface area (Å²) >= 11 is 0. The number of nitrogens with zero attached hydrogens (tertiary/aromatic N) is 6. The summed E-state index contributed by atoms with van der Waals surface area (Å²) in [6, 6.07) is 9.59. The molecule has 0 aliphatic heterocycles. The Hall–Kier alpha value is -3.41. The van der Waals surface area contributed by atoms with Gasteiger partial charge in [-0.05, 0) is 30.7 Å². The number of nitrogens with one attached hydrogen (secondary N) is 1. The fraction of sp³-hybridized carbons (Fsp3) is 0.407. The van der Waals surface area contributed by atoms with Gasteiger partial charge in [0.05, 0.1) is 41.7 Å². The maximum atomic E-state index is 12.8. The monoisotopic (exact) mass is 581 g/mol. The van der Waals surface area contributed by atoms with Gasteiger partial charge in [-0.25, -0.2) is 23.1 Å². The number of aliphatic hydroxyl groups is 1. The molecule has 11 nitrogen and oxygen atoms in total. The van der Waals surface area contributed by atoms with Crippen LogP contribution in [0.4, 0.5) is 0 Å². The molecule has 2 N–H and O–H groups in total. The van der Waals surface area contributed by atoms with E-state index in [4.69, 9.17) is 20.0 Å². The third-order valence-electron chi connectivity index (χ3n) is 6.16. The molecule has 0 fully saturated rings. The average molecular weight is 582 g/mol. The molecule has 0 bridgehead atoms. The van der Waals surface area contributed by atoms with Gasteiger partial charge in [0.25, 0.3) is 0 Å². The van der Waals surface area contributed by atoms with Crippen molar-refractivity contribution in [1.29, 1.82) is 5.26 Å². The minimum Gasteiger partial charge on any atom is -0.391 e. The Kier molecular flexibility index (Phi) is 9.17. The van der Waals surface area contributed by atoms with Gasteiger partial charge in [0.15, 0.2) is 5.65 Å². The van der Waals surface area contributed by atoms with Gasteiger partial charge in [-0.3, -0.25) is 4.68 Å². The van der Waals surface area contributed by atoms with Crippen molar-refractivity contribution in [3.63, 3.8) is 0 Å². The minimum atomic E-state index is -3.80. The molecule has 0 amide bonds. The number of rotatable bonds is 13. The molecule has 212 valence electrons. The fourth-order valence-electron chi connectivity index (χ4n) is 4.06. The van der Waals surface area contributed by atoms with Crippen molar-refractivity contribution in [3.05, 3.63) is 49.1 Å². The van der Waals surface area contributed by atoms with Gasteiger partial charge >= 0.3 is 0 Å². The molecule has 0 saturated heterocycles. The summed E-state index contributed by atoms with van der Waals surface area (Å²) in [6.07, 6.45) is 6.58. The van der Waals surface area contributed by atoms with E-state index in [1.807, 2.05) is 22.9 Å². The Morgan fingerprint density at radius 3 is 2.73 bits per heavy atom. The molecular weight excluding hydrogens is 546 g/mol. The smallest absolute Gasteiger partial charge is 0.240 e. The quantitative estimate of drug-likeness (QED) is 0.179. The molecule has 3 aromatic heterocycles. The second-order valence-corrected chi connectivity index (χ2v) is 18.3. The Morgan fingerprint density at radius 2 is 2.00 bits per heavy atom. The van der Waals surface area contributed by atoms with E-state index < -0.39 is 24.2 Å². The minimum absolute atomic E-state index is 0.0364. The van der Waals surface area contributed by atoms with Crippen LogP contribution in [0, 0.1) is 11.3 Å². The van der Waals surface area contributed by atoms with E-state index in [9.17, 15) is 13.5 Å². The number of hydrogen-bond acceptors (Lipinski definition) is 8. The lowest BCUT2D eigenvalue weighted by molar-refractivity contribution is 0.0899. The molecule has 0 saturated carbocycles. The highest BCUT2D eigenvalue weighted by Crippen LogP contribution is 2.31. The van der Waals surface area contributed by atoms with Gasteiger partial charge < -0.3 is 14.4 Å². The number of benzene rings is 1. The maximum Gasteiger partial charge on any atom is 0.240 e. The van der Waals surface area contributed by atoms with Gasteiger partial charge in [-0.1, -0.05) is 31.8 Å². The van der Waals surface area contributed by atoms with Crippen LogP contribution in [0.2, 0.25) is 25.7 Å². The van der Waals surface area contributed by atoms with E-state index in [1.165, 1.54) is 6.07 Å². The van der Waals surface area contributed by atoms with Gasteiger partial charge in [0.2, 0.25) is 10.0 Å². The molecule has 1 atom stereocenters. The number of sulfonamides is 1. The number of aliphatic hydroxyl groups excluding tert-OH is 1.